The van der Waals surface area contributed by atoms with Crippen molar-refractivity contribution in [2.24, 2.45) is 5.92 Å². The molecule has 3 nitrogen and oxygen atoms in total. The van der Waals surface area contributed by atoms with Crippen molar-refractivity contribution in [1.82, 2.24) is 4.90 Å². The summed E-state index contributed by atoms with van der Waals surface area (Å²) in [6.45, 7) is 4.43. The molecule has 0 aliphatic carbocycles. The molecule has 1 aromatic carbocycles. The Bertz CT molecular complexity index is 376. The first kappa shape index (κ1) is 14.0. The van der Waals surface area contributed by atoms with E-state index in [0.717, 1.165) is 5.56 Å². The lowest BCUT2D eigenvalue weighted by molar-refractivity contribution is -0.144. The highest BCUT2D eigenvalue weighted by molar-refractivity contribution is 6.30. The summed E-state index contributed by atoms with van der Waals surface area (Å²) in [6.07, 6.45) is 0. The molecule has 0 aromatic heterocycles. The zero-order valence-corrected chi connectivity index (χ0v) is 11.1. The predicted octanol–water partition coefficient (Wildman–Crippen LogP) is 2.88. The summed E-state index contributed by atoms with van der Waals surface area (Å²) in [5, 5.41) is 9.86. The molecule has 1 unspecified atom stereocenters. The molecule has 0 aliphatic heterocycles. The van der Waals surface area contributed by atoms with Crippen LogP contribution in [0.1, 0.15) is 19.4 Å². The fourth-order valence-corrected chi connectivity index (χ4v) is 2.08. The number of hydrogen-bond donors (Lipinski definition) is 1. The maximum Gasteiger partial charge on any atom is 0.321 e. The molecule has 0 heterocycles. The molecule has 0 aliphatic rings. The van der Waals surface area contributed by atoms with Crippen LogP contribution in [0.2, 0.25) is 5.02 Å². The van der Waals surface area contributed by atoms with Gasteiger partial charge in [-0.2, -0.15) is 0 Å². The summed E-state index contributed by atoms with van der Waals surface area (Å²) >= 11 is 5.80. The monoisotopic (exact) mass is 255 g/mol. The summed E-state index contributed by atoms with van der Waals surface area (Å²) in [7, 11) is 1.83. The third-order valence-electron chi connectivity index (χ3n) is 2.70. The molecule has 0 radical (unpaired) electrons. The fourth-order valence-electron chi connectivity index (χ4n) is 1.96. The molecule has 1 N–H and O–H groups in total. The predicted molar refractivity (Wildman–Crippen MR) is 69.2 cm³/mol. The average molecular weight is 256 g/mol. The number of carboxylic acids is 1. The van der Waals surface area contributed by atoms with Gasteiger partial charge in [0.1, 0.15) is 6.04 Å². The Balaban J connectivity index is 2.73. The number of hydrogen-bond acceptors (Lipinski definition) is 2. The third-order valence-corrected chi connectivity index (χ3v) is 2.96. The van der Waals surface area contributed by atoms with Gasteiger partial charge in [-0.3, -0.25) is 9.69 Å². The summed E-state index contributed by atoms with van der Waals surface area (Å²) in [6, 6.07) is 6.99. The zero-order chi connectivity index (χ0) is 13.0. The van der Waals surface area contributed by atoms with Crippen molar-refractivity contribution in [3.63, 3.8) is 0 Å². The highest BCUT2D eigenvalue weighted by Gasteiger charge is 2.25. The lowest BCUT2D eigenvalue weighted by atomic mass is 10.0. The van der Waals surface area contributed by atoms with Gasteiger partial charge in [0.2, 0.25) is 0 Å². The molecular weight excluding hydrogens is 238 g/mol. The second kappa shape index (κ2) is 6.03. The number of carbonyl (C=O) groups is 1. The average Bonchev–Trinajstić information content (AvgIpc) is 2.20. The van der Waals surface area contributed by atoms with Gasteiger partial charge in [-0.15, -0.1) is 0 Å². The first-order valence-electron chi connectivity index (χ1n) is 5.59. The highest BCUT2D eigenvalue weighted by Crippen LogP contribution is 2.15. The lowest BCUT2D eigenvalue weighted by Crippen LogP contribution is -2.41. The van der Waals surface area contributed by atoms with Crippen LogP contribution >= 0.6 is 11.6 Å². The van der Waals surface area contributed by atoms with Crippen molar-refractivity contribution in [3.8, 4) is 0 Å². The first-order valence-corrected chi connectivity index (χ1v) is 5.97. The van der Waals surface area contributed by atoms with Crippen molar-refractivity contribution < 1.29 is 9.90 Å². The number of rotatable bonds is 5. The second-order valence-corrected chi connectivity index (χ2v) is 5.01. The summed E-state index contributed by atoms with van der Waals surface area (Å²) in [5.41, 5.74) is 1.06. The number of benzene rings is 1. The minimum Gasteiger partial charge on any atom is -0.480 e. The Labute approximate surface area is 107 Å². The highest BCUT2D eigenvalue weighted by atomic mass is 35.5. The molecule has 0 bridgehead atoms. The van der Waals surface area contributed by atoms with E-state index in [-0.39, 0.29) is 5.92 Å². The molecule has 1 aromatic rings. The molecule has 0 spiro atoms. The molecule has 1 atom stereocenters. The van der Waals surface area contributed by atoms with Crippen LogP contribution in [0, 0.1) is 5.92 Å². The van der Waals surface area contributed by atoms with Crippen LogP contribution in [0.25, 0.3) is 0 Å². The fraction of sp³-hybridized carbons (Fsp3) is 0.462. The molecule has 0 saturated heterocycles. The van der Waals surface area contributed by atoms with Crippen LogP contribution in [0.3, 0.4) is 0 Å². The van der Waals surface area contributed by atoms with Gasteiger partial charge < -0.3 is 5.11 Å². The molecular formula is C13H18ClNO2. The Kier molecular flexibility index (Phi) is 4.97. The lowest BCUT2D eigenvalue weighted by Gasteiger charge is -2.27. The van der Waals surface area contributed by atoms with Crippen molar-refractivity contribution in [3.05, 3.63) is 34.9 Å². The zero-order valence-electron chi connectivity index (χ0n) is 10.4. The minimum atomic E-state index is -0.781. The van der Waals surface area contributed by atoms with Crippen LogP contribution < -0.4 is 0 Å². The maximum atomic E-state index is 11.2. The van der Waals surface area contributed by atoms with E-state index in [1.165, 1.54) is 0 Å². The van der Waals surface area contributed by atoms with E-state index in [4.69, 9.17) is 11.6 Å². The minimum absolute atomic E-state index is 0.0739. The molecule has 0 fully saturated rings. The van der Waals surface area contributed by atoms with E-state index in [9.17, 15) is 9.90 Å². The van der Waals surface area contributed by atoms with E-state index in [1.807, 2.05) is 50.1 Å². The van der Waals surface area contributed by atoms with Crippen LogP contribution in [0.4, 0.5) is 0 Å². The molecule has 0 saturated carbocycles. The van der Waals surface area contributed by atoms with Crippen molar-refractivity contribution in [2.75, 3.05) is 7.05 Å². The quantitative estimate of drug-likeness (QED) is 0.880. The van der Waals surface area contributed by atoms with Gasteiger partial charge >= 0.3 is 5.97 Å². The number of likely N-dealkylation sites (N-methyl/N-ethyl adjacent to an activating group) is 1. The van der Waals surface area contributed by atoms with Gasteiger partial charge in [-0.1, -0.05) is 37.6 Å². The summed E-state index contributed by atoms with van der Waals surface area (Å²) < 4.78 is 0. The summed E-state index contributed by atoms with van der Waals surface area (Å²) in [5.74, 6) is -0.707. The SMILES string of the molecule is CC(C)C(C(=O)O)N(C)Cc1ccc(Cl)cc1. The van der Waals surface area contributed by atoms with E-state index >= 15 is 0 Å². The van der Waals surface area contributed by atoms with Gasteiger partial charge in [-0.25, -0.2) is 0 Å². The number of halogens is 1. The van der Waals surface area contributed by atoms with Crippen LogP contribution in [0.15, 0.2) is 24.3 Å². The van der Waals surface area contributed by atoms with Crippen LogP contribution in [-0.4, -0.2) is 29.1 Å². The van der Waals surface area contributed by atoms with Crippen LogP contribution in [-0.2, 0) is 11.3 Å². The Hall–Kier alpha value is -1.06. The van der Waals surface area contributed by atoms with Crippen molar-refractivity contribution in [1.29, 1.82) is 0 Å². The van der Waals surface area contributed by atoms with Crippen molar-refractivity contribution >= 4 is 17.6 Å². The van der Waals surface area contributed by atoms with E-state index in [0.29, 0.717) is 11.6 Å². The van der Waals surface area contributed by atoms with Gasteiger partial charge in [-0.05, 0) is 30.7 Å². The molecule has 0 amide bonds. The summed E-state index contributed by atoms with van der Waals surface area (Å²) in [4.78, 5) is 13.0. The van der Waals surface area contributed by atoms with Gasteiger partial charge in [0, 0.05) is 11.6 Å². The van der Waals surface area contributed by atoms with E-state index < -0.39 is 12.0 Å². The van der Waals surface area contributed by atoms with Crippen LogP contribution in [0.5, 0.6) is 0 Å². The number of nitrogens with zero attached hydrogens (tertiary/aromatic N) is 1. The smallest absolute Gasteiger partial charge is 0.321 e. The maximum absolute atomic E-state index is 11.2. The van der Waals surface area contributed by atoms with Gasteiger partial charge in [0.25, 0.3) is 0 Å². The Morgan fingerprint density at radius 1 is 1.35 bits per heavy atom. The first-order chi connectivity index (χ1) is 7.91. The van der Waals surface area contributed by atoms with Crippen molar-refractivity contribution in [2.45, 2.75) is 26.4 Å². The number of aliphatic carboxylic acids is 1. The Morgan fingerprint density at radius 3 is 2.29 bits per heavy atom. The molecule has 17 heavy (non-hydrogen) atoms. The molecule has 94 valence electrons. The third kappa shape index (κ3) is 4.02. The van der Waals surface area contributed by atoms with E-state index in [2.05, 4.69) is 0 Å². The standard InChI is InChI=1S/C13H18ClNO2/c1-9(2)12(13(16)17)15(3)8-10-4-6-11(14)7-5-10/h4-7,9,12H,8H2,1-3H3,(H,16,17). The Morgan fingerprint density at radius 2 is 1.88 bits per heavy atom. The molecule has 1 rings (SSSR count). The van der Waals surface area contributed by atoms with Gasteiger partial charge in [0.15, 0.2) is 0 Å². The number of carboxylic acid groups (broad SMARTS) is 1. The van der Waals surface area contributed by atoms with Gasteiger partial charge in [0.05, 0.1) is 0 Å². The largest absolute Gasteiger partial charge is 0.480 e. The normalized spacial score (nSPS) is 13.1. The second-order valence-electron chi connectivity index (χ2n) is 4.57. The molecule has 4 heteroatoms. The topological polar surface area (TPSA) is 40.5 Å². The van der Waals surface area contributed by atoms with E-state index in [1.54, 1.807) is 0 Å².